The number of benzene rings is 1. The van der Waals surface area contributed by atoms with Crippen LogP contribution in [0.25, 0.3) is 0 Å². The highest BCUT2D eigenvalue weighted by Gasteiger charge is 2.15. The van der Waals surface area contributed by atoms with Gasteiger partial charge >= 0.3 is 0 Å². The fourth-order valence-electron chi connectivity index (χ4n) is 1.75. The maximum atomic E-state index is 10.3. The minimum Gasteiger partial charge on any atom is -0.496 e. The summed E-state index contributed by atoms with van der Waals surface area (Å²) in [5.41, 5.74) is 1.41. The quantitative estimate of drug-likeness (QED) is 0.897. The second-order valence-corrected chi connectivity index (χ2v) is 3.78. The molecule has 1 N–H and O–H groups in total. The van der Waals surface area contributed by atoms with Crippen molar-refractivity contribution in [3.05, 3.63) is 53.7 Å². The molecule has 0 unspecified atom stereocenters. The summed E-state index contributed by atoms with van der Waals surface area (Å²) in [6.45, 7) is 0. The van der Waals surface area contributed by atoms with Gasteiger partial charge in [0.1, 0.15) is 11.9 Å². The summed E-state index contributed by atoms with van der Waals surface area (Å²) in [5.74, 6) is 1.17. The van der Waals surface area contributed by atoms with E-state index in [0.29, 0.717) is 22.8 Å². The van der Waals surface area contributed by atoms with Gasteiger partial charge in [0.25, 0.3) is 0 Å². The van der Waals surface area contributed by atoms with Crippen molar-refractivity contribution in [1.82, 2.24) is 4.98 Å². The van der Waals surface area contributed by atoms with Crippen LogP contribution in [-0.2, 0) is 0 Å². The van der Waals surface area contributed by atoms with Gasteiger partial charge in [-0.15, -0.1) is 0 Å². The monoisotopic (exact) mass is 245 g/mol. The molecule has 94 valence electrons. The number of hydrogen-bond acceptors (Lipinski definition) is 4. The van der Waals surface area contributed by atoms with Crippen molar-refractivity contribution in [3.63, 3.8) is 0 Å². The number of aliphatic hydroxyl groups is 1. The third-order valence-corrected chi connectivity index (χ3v) is 2.72. The number of methoxy groups -OCH3 is 2. The Kier molecular flexibility index (Phi) is 3.79. The Hall–Kier alpha value is -2.07. The van der Waals surface area contributed by atoms with Gasteiger partial charge < -0.3 is 14.6 Å². The summed E-state index contributed by atoms with van der Waals surface area (Å²) in [4.78, 5) is 4.08. The largest absolute Gasteiger partial charge is 0.496 e. The minimum atomic E-state index is -0.764. The number of aliphatic hydroxyl groups excluding tert-OH is 1. The Morgan fingerprint density at radius 1 is 1.06 bits per heavy atom. The molecule has 0 aliphatic rings. The first-order valence-electron chi connectivity index (χ1n) is 5.57. The van der Waals surface area contributed by atoms with E-state index in [-0.39, 0.29) is 0 Å². The van der Waals surface area contributed by atoms with Crippen LogP contribution in [0.3, 0.4) is 0 Å². The smallest absolute Gasteiger partial charge is 0.212 e. The molecule has 18 heavy (non-hydrogen) atoms. The van der Waals surface area contributed by atoms with E-state index in [0.717, 1.165) is 0 Å². The van der Waals surface area contributed by atoms with Crippen molar-refractivity contribution in [1.29, 1.82) is 0 Å². The van der Waals surface area contributed by atoms with Crippen LogP contribution >= 0.6 is 0 Å². The molecule has 1 aromatic carbocycles. The van der Waals surface area contributed by atoms with Gasteiger partial charge in [-0.25, -0.2) is 4.98 Å². The average Bonchev–Trinajstić information content (AvgIpc) is 2.46. The summed E-state index contributed by atoms with van der Waals surface area (Å²) < 4.78 is 10.2. The Bertz CT molecular complexity index is 511. The van der Waals surface area contributed by atoms with Crippen molar-refractivity contribution in [3.8, 4) is 11.6 Å². The lowest BCUT2D eigenvalue weighted by Gasteiger charge is -2.14. The Morgan fingerprint density at radius 2 is 1.83 bits per heavy atom. The molecule has 0 aliphatic heterocycles. The van der Waals surface area contributed by atoms with Gasteiger partial charge in [0.2, 0.25) is 5.88 Å². The van der Waals surface area contributed by atoms with Gasteiger partial charge in [-0.1, -0.05) is 18.2 Å². The maximum Gasteiger partial charge on any atom is 0.212 e. The lowest BCUT2D eigenvalue weighted by molar-refractivity contribution is 0.214. The zero-order valence-corrected chi connectivity index (χ0v) is 10.3. The first-order chi connectivity index (χ1) is 8.76. The second kappa shape index (κ2) is 5.51. The Balaban J connectivity index is 2.31. The molecule has 2 aromatic rings. The number of ether oxygens (including phenoxy) is 2. The summed E-state index contributed by atoms with van der Waals surface area (Å²) in [5, 5.41) is 10.3. The van der Waals surface area contributed by atoms with Crippen LogP contribution in [0.5, 0.6) is 11.6 Å². The Morgan fingerprint density at radius 3 is 2.44 bits per heavy atom. The predicted molar refractivity (Wildman–Crippen MR) is 67.8 cm³/mol. The van der Waals surface area contributed by atoms with Gasteiger partial charge in [0.05, 0.1) is 14.2 Å². The molecule has 0 aliphatic carbocycles. The van der Waals surface area contributed by atoms with Crippen molar-refractivity contribution < 1.29 is 14.6 Å². The van der Waals surface area contributed by atoms with Crippen LogP contribution in [0, 0.1) is 0 Å². The fourth-order valence-corrected chi connectivity index (χ4v) is 1.75. The molecular formula is C14H15NO3. The van der Waals surface area contributed by atoms with Crippen LogP contribution in [0.4, 0.5) is 0 Å². The molecule has 0 fully saturated rings. The lowest BCUT2D eigenvalue weighted by atomic mass is 10.0. The highest BCUT2D eigenvalue weighted by Crippen LogP contribution is 2.29. The molecule has 1 heterocycles. The Labute approximate surface area is 106 Å². The molecule has 1 atom stereocenters. The summed E-state index contributed by atoms with van der Waals surface area (Å²) in [6.07, 6.45) is 0.829. The highest BCUT2D eigenvalue weighted by atomic mass is 16.5. The van der Waals surface area contributed by atoms with Crippen LogP contribution in [0.15, 0.2) is 42.6 Å². The van der Waals surface area contributed by atoms with Crippen molar-refractivity contribution in [2.24, 2.45) is 0 Å². The van der Waals surface area contributed by atoms with Crippen molar-refractivity contribution in [2.75, 3.05) is 14.2 Å². The molecule has 0 amide bonds. The van der Waals surface area contributed by atoms with Crippen molar-refractivity contribution >= 4 is 0 Å². The van der Waals surface area contributed by atoms with E-state index >= 15 is 0 Å². The SMILES string of the molecule is COc1ccc([C@H](O)c2ccccc2OC)cn1. The van der Waals surface area contributed by atoms with Crippen LogP contribution in [-0.4, -0.2) is 24.3 Å². The van der Waals surface area contributed by atoms with Gasteiger partial charge in [-0.3, -0.25) is 0 Å². The standard InChI is InChI=1S/C14H15NO3/c1-17-12-6-4-3-5-11(12)14(16)10-7-8-13(18-2)15-9-10/h3-9,14,16H,1-2H3/t14-/m0/s1. The summed E-state index contributed by atoms with van der Waals surface area (Å²) in [7, 11) is 3.14. The molecule has 0 bridgehead atoms. The average molecular weight is 245 g/mol. The first kappa shape index (κ1) is 12.4. The normalized spacial score (nSPS) is 11.9. The molecule has 0 saturated heterocycles. The number of rotatable bonds is 4. The van der Waals surface area contributed by atoms with Crippen LogP contribution < -0.4 is 9.47 Å². The number of pyridine rings is 1. The molecule has 2 rings (SSSR count). The van der Waals surface area contributed by atoms with E-state index < -0.39 is 6.10 Å². The van der Waals surface area contributed by atoms with Gasteiger partial charge in [0, 0.05) is 23.4 Å². The number of hydrogen-bond donors (Lipinski definition) is 1. The molecule has 0 spiro atoms. The van der Waals surface area contributed by atoms with Crippen LogP contribution in [0.2, 0.25) is 0 Å². The van der Waals surface area contributed by atoms with E-state index in [2.05, 4.69) is 4.98 Å². The third-order valence-electron chi connectivity index (χ3n) is 2.72. The van der Waals surface area contributed by atoms with E-state index in [1.165, 1.54) is 0 Å². The maximum absolute atomic E-state index is 10.3. The molecule has 0 radical (unpaired) electrons. The van der Waals surface area contributed by atoms with Gasteiger partial charge in [-0.2, -0.15) is 0 Å². The zero-order chi connectivity index (χ0) is 13.0. The van der Waals surface area contributed by atoms with Crippen molar-refractivity contribution in [2.45, 2.75) is 6.10 Å². The molecular weight excluding hydrogens is 230 g/mol. The van der Waals surface area contributed by atoms with Gasteiger partial charge in [0.15, 0.2) is 0 Å². The molecule has 4 nitrogen and oxygen atoms in total. The summed E-state index contributed by atoms with van der Waals surface area (Å²) >= 11 is 0. The molecule has 1 aromatic heterocycles. The van der Waals surface area contributed by atoms with E-state index in [4.69, 9.17) is 9.47 Å². The van der Waals surface area contributed by atoms with E-state index in [1.807, 2.05) is 24.3 Å². The van der Waals surface area contributed by atoms with Gasteiger partial charge in [-0.05, 0) is 12.1 Å². The second-order valence-electron chi connectivity index (χ2n) is 3.78. The minimum absolute atomic E-state index is 0.519. The van der Waals surface area contributed by atoms with E-state index in [9.17, 15) is 5.11 Å². The predicted octanol–water partition coefficient (Wildman–Crippen LogP) is 2.18. The van der Waals surface area contributed by atoms with Crippen LogP contribution in [0.1, 0.15) is 17.2 Å². The third kappa shape index (κ3) is 2.43. The van der Waals surface area contributed by atoms with E-state index in [1.54, 1.807) is 32.5 Å². The number of para-hydroxylation sites is 1. The lowest BCUT2D eigenvalue weighted by Crippen LogP contribution is -2.03. The zero-order valence-electron chi connectivity index (χ0n) is 10.3. The molecule has 0 saturated carbocycles. The molecule has 4 heteroatoms. The summed E-state index contributed by atoms with van der Waals surface area (Å²) in [6, 6.07) is 10.9. The number of nitrogens with zero attached hydrogens (tertiary/aromatic N) is 1. The topological polar surface area (TPSA) is 51.6 Å². The fraction of sp³-hybridized carbons (Fsp3) is 0.214. The number of aromatic nitrogens is 1. The first-order valence-corrected chi connectivity index (χ1v) is 5.57. The highest BCUT2D eigenvalue weighted by molar-refractivity contribution is 5.39.